The van der Waals surface area contributed by atoms with Gasteiger partial charge >= 0.3 is 6.18 Å². The zero-order valence-electron chi connectivity index (χ0n) is 20.0. The Morgan fingerprint density at radius 3 is 2.79 bits per heavy atom. The average Bonchev–Trinajstić information content (AvgIpc) is 3.23. The number of carbonyl (C=O) groups is 1. The largest absolute Gasteiger partial charge is 0.417 e. The molecule has 2 fully saturated rings. The lowest BCUT2D eigenvalue weighted by Crippen LogP contribution is -2.52. The monoisotopic (exact) mass is 505 g/mol. The molecule has 1 amide bonds. The predicted molar refractivity (Wildman–Crippen MR) is 124 cm³/mol. The zero-order valence-corrected chi connectivity index (χ0v) is 20.8. The fraction of sp³-hybridized carbons (Fsp3) is 0.750. The average molecular weight is 506 g/mol. The highest BCUT2D eigenvalue weighted by molar-refractivity contribution is 5.85. The topological polar surface area (TPSA) is 63.7 Å². The number of nitrogens with zero attached hydrogens (tertiary/aromatic N) is 2. The first-order valence-corrected chi connectivity index (χ1v) is 11.8. The summed E-state index contributed by atoms with van der Waals surface area (Å²) in [5.41, 5.74) is -0.121. The summed E-state index contributed by atoms with van der Waals surface area (Å²) in [4.78, 5) is 19.6. The maximum atomic E-state index is 13.8. The Morgan fingerprint density at radius 1 is 1.35 bits per heavy atom. The number of hydrogen-bond donors (Lipinski definition) is 1. The van der Waals surface area contributed by atoms with Crippen molar-refractivity contribution < 1.29 is 27.4 Å². The molecule has 0 bridgehead atoms. The van der Waals surface area contributed by atoms with Gasteiger partial charge in [-0.15, -0.1) is 12.4 Å². The quantitative estimate of drug-likeness (QED) is 0.655. The minimum absolute atomic E-state index is 0. The van der Waals surface area contributed by atoms with E-state index in [0.29, 0.717) is 37.4 Å². The van der Waals surface area contributed by atoms with Crippen molar-refractivity contribution in [3.8, 4) is 0 Å². The highest BCUT2D eigenvalue weighted by Gasteiger charge is 2.50. The molecule has 2 aliphatic heterocycles. The number of methoxy groups -OCH3 is 1. The molecule has 0 aromatic carbocycles. The molecular formula is C24H35ClF3N3O3. The molecule has 3 aliphatic rings. The maximum absolute atomic E-state index is 13.8. The van der Waals surface area contributed by atoms with Crippen molar-refractivity contribution in [3.63, 3.8) is 0 Å². The first-order chi connectivity index (χ1) is 15.6. The predicted octanol–water partition coefficient (Wildman–Crippen LogP) is 4.00. The number of pyridine rings is 1. The number of alkyl halides is 3. The third kappa shape index (κ3) is 5.37. The minimum Gasteiger partial charge on any atom is -0.379 e. The lowest BCUT2D eigenvalue weighted by Gasteiger charge is -2.40. The van der Waals surface area contributed by atoms with Crippen LogP contribution >= 0.6 is 12.4 Å². The van der Waals surface area contributed by atoms with Crippen molar-refractivity contribution >= 4 is 18.3 Å². The van der Waals surface area contributed by atoms with Gasteiger partial charge in [0, 0.05) is 57.2 Å². The Labute approximate surface area is 205 Å². The van der Waals surface area contributed by atoms with Crippen molar-refractivity contribution in [1.82, 2.24) is 15.2 Å². The number of nitrogens with one attached hydrogen (secondary N) is 1. The summed E-state index contributed by atoms with van der Waals surface area (Å²) < 4.78 is 50.6. The Bertz CT molecular complexity index is 870. The van der Waals surface area contributed by atoms with E-state index in [2.05, 4.69) is 24.1 Å². The molecular weight excluding hydrogens is 471 g/mol. The second kappa shape index (κ2) is 10.7. The van der Waals surface area contributed by atoms with E-state index in [1.54, 1.807) is 12.0 Å². The summed E-state index contributed by atoms with van der Waals surface area (Å²) in [7, 11) is 1.69. The van der Waals surface area contributed by atoms with Crippen molar-refractivity contribution in [3.05, 3.63) is 29.1 Å². The second-order valence-electron chi connectivity index (χ2n) is 9.97. The van der Waals surface area contributed by atoms with Crippen LogP contribution in [0.15, 0.2) is 12.3 Å². The first kappa shape index (κ1) is 27.2. The van der Waals surface area contributed by atoms with E-state index < -0.39 is 17.2 Å². The van der Waals surface area contributed by atoms with E-state index in [4.69, 9.17) is 9.47 Å². The van der Waals surface area contributed by atoms with Gasteiger partial charge in [0.05, 0.1) is 23.7 Å². The molecule has 34 heavy (non-hydrogen) atoms. The molecule has 0 spiro atoms. The van der Waals surface area contributed by atoms with Crippen molar-refractivity contribution in [2.45, 2.75) is 76.9 Å². The van der Waals surface area contributed by atoms with Crippen LogP contribution in [0.3, 0.4) is 0 Å². The van der Waals surface area contributed by atoms with Crippen LogP contribution in [0.5, 0.6) is 0 Å². The number of amides is 1. The van der Waals surface area contributed by atoms with E-state index in [1.165, 1.54) is 0 Å². The Balaban J connectivity index is 0.00000324. The molecule has 4 atom stereocenters. The smallest absolute Gasteiger partial charge is 0.379 e. The number of ether oxygens (including phenoxy) is 2. The van der Waals surface area contributed by atoms with Crippen molar-refractivity contribution in [1.29, 1.82) is 0 Å². The Morgan fingerprint density at radius 2 is 2.12 bits per heavy atom. The fourth-order valence-electron chi connectivity index (χ4n) is 5.69. The molecule has 1 saturated heterocycles. The summed E-state index contributed by atoms with van der Waals surface area (Å²) in [6, 6.07) is 1.55. The van der Waals surface area contributed by atoms with E-state index in [9.17, 15) is 18.0 Å². The number of halogens is 4. The van der Waals surface area contributed by atoms with E-state index in [0.717, 1.165) is 37.9 Å². The molecule has 0 radical (unpaired) electrons. The standard InChI is InChI=1S/C24H34F3N3O3.ClH/c1-15(2)23(7-4-18(11-23)29-20-6-9-33-14-21(20)32-3)22(31)30-8-5-19-16(13-30)10-17(12-28-19)24(25,26)27;/h10,12,15,18,20-21,29H,4-9,11,13-14H2,1-3H3;1H/t18-,20+,21-,23+;/m1./s1. The van der Waals surface area contributed by atoms with Gasteiger partial charge in [-0.05, 0) is 43.2 Å². The van der Waals surface area contributed by atoms with Crippen LogP contribution in [0.2, 0.25) is 0 Å². The highest BCUT2D eigenvalue weighted by atomic mass is 35.5. The van der Waals surface area contributed by atoms with Crippen LogP contribution in [0.1, 0.15) is 56.4 Å². The molecule has 1 aromatic rings. The Hall–Kier alpha value is -1.42. The van der Waals surface area contributed by atoms with Crippen LogP contribution in [0, 0.1) is 11.3 Å². The van der Waals surface area contributed by atoms with Crippen LogP contribution in [-0.4, -0.2) is 60.8 Å². The third-order valence-electron chi connectivity index (χ3n) is 7.79. The molecule has 192 valence electrons. The Kier molecular flexibility index (Phi) is 8.54. The molecule has 10 heteroatoms. The number of fused-ring (bicyclic) bond motifs is 1. The molecule has 4 rings (SSSR count). The molecule has 6 nitrogen and oxygen atoms in total. The fourth-order valence-corrected chi connectivity index (χ4v) is 5.69. The second-order valence-corrected chi connectivity index (χ2v) is 9.97. The van der Waals surface area contributed by atoms with Crippen LogP contribution in [-0.2, 0) is 33.4 Å². The molecule has 1 N–H and O–H groups in total. The van der Waals surface area contributed by atoms with Crippen LogP contribution in [0.4, 0.5) is 13.2 Å². The maximum Gasteiger partial charge on any atom is 0.417 e. The highest BCUT2D eigenvalue weighted by Crippen LogP contribution is 2.47. The van der Waals surface area contributed by atoms with Gasteiger partial charge in [0.25, 0.3) is 0 Å². The first-order valence-electron chi connectivity index (χ1n) is 11.8. The van der Waals surface area contributed by atoms with Gasteiger partial charge in [-0.1, -0.05) is 13.8 Å². The lowest BCUT2D eigenvalue weighted by molar-refractivity contribution is -0.146. The number of rotatable bonds is 5. The number of carbonyl (C=O) groups excluding carboxylic acids is 1. The van der Waals surface area contributed by atoms with Gasteiger partial charge in [-0.2, -0.15) is 13.2 Å². The number of aromatic nitrogens is 1. The molecule has 1 aliphatic carbocycles. The van der Waals surface area contributed by atoms with Crippen molar-refractivity contribution in [2.75, 3.05) is 26.9 Å². The molecule has 1 saturated carbocycles. The summed E-state index contributed by atoms with van der Waals surface area (Å²) >= 11 is 0. The SMILES string of the molecule is CO[C@@H]1COCC[C@@H]1N[C@@H]1CC[C@@](C(=O)N2CCc3ncc(C(F)(F)F)cc3C2)(C(C)C)C1.Cl. The normalized spacial score (nSPS) is 29.6. The van der Waals surface area contributed by atoms with Gasteiger partial charge in [0.15, 0.2) is 0 Å². The van der Waals surface area contributed by atoms with E-state index in [-0.39, 0.29) is 49.0 Å². The summed E-state index contributed by atoms with van der Waals surface area (Å²) in [6.45, 7) is 6.09. The van der Waals surface area contributed by atoms with E-state index in [1.807, 2.05) is 0 Å². The van der Waals surface area contributed by atoms with Gasteiger partial charge in [0.2, 0.25) is 5.91 Å². The summed E-state index contributed by atoms with van der Waals surface area (Å²) in [5.74, 6) is 0.186. The van der Waals surface area contributed by atoms with Gasteiger partial charge in [-0.25, -0.2) is 0 Å². The summed E-state index contributed by atoms with van der Waals surface area (Å²) in [6.07, 6.45) is 0.180. The van der Waals surface area contributed by atoms with E-state index >= 15 is 0 Å². The zero-order chi connectivity index (χ0) is 23.8. The molecule has 0 unspecified atom stereocenters. The summed E-state index contributed by atoms with van der Waals surface area (Å²) in [5, 5.41) is 3.72. The lowest BCUT2D eigenvalue weighted by atomic mass is 9.74. The van der Waals surface area contributed by atoms with Gasteiger partial charge in [-0.3, -0.25) is 9.78 Å². The molecule has 1 aromatic heterocycles. The molecule has 3 heterocycles. The minimum atomic E-state index is -4.44. The van der Waals surface area contributed by atoms with Crippen LogP contribution < -0.4 is 5.32 Å². The van der Waals surface area contributed by atoms with Gasteiger partial charge in [0.1, 0.15) is 0 Å². The van der Waals surface area contributed by atoms with Gasteiger partial charge < -0.3 is 19.7 Å². The third-order valence-corrected chi connectivity index (χ3v) is 7.79. The number of hydrogen-bond acceptors (Lipinski definition) is 5. The van der Waals surface area contributed by atoms with Crippen LogP contribution in [0.25, 0.3) is 0 Å². The van der Waals surface area contributed by atoms with Crippen molar-refractivity contribution in [2.24, 2.45) is 11.3 Å².